The number of anilines is 1. The van der Waals surface area contributed by atoms with Gasteiger partial charge in [-0.2, -0.15) is 5.26 Å². The topological polar surface area (TPSA) is 79.0 Å². The summed E-state index contributed by atoms with van der Waals surface area (Å²) in [4.78, 5) is 10.2. The fourth-order valence-electron chi connectivity index (χ4n) is 1.77. The summed E-state index contributed by atoms with van der Waals surface area (Å²) in [6, 6.07) is 10.1. The molecule has 5 nitrogen and oxygen atoms in total. The highest BCUT2D eigenvalue weighted by Crippen LogP contribution is 2.25. The summed E-state index contributed by atoms with van der Waals surface area (Å²) in [6.45, 7) is 0.248. The lowest BCUT2D eigenvalue weighted by atomic mass is 10.1. The lowest BCUT2D eigenvalue weighted by molar-refractivity contribution is -0.384. The lowest BCUT2D eigenvalue weighted by Crippen LogP contribution is -2.02. The molecule has 0 unspecified atom stereocenters. The van der Waals surface area contributed by atoms with Gasteiger partial charge < -0.3 is 5.32 Å². The molecule has 0 atom stereocenters. The van der Waals surface area contributed by atoms with Gasteiger partial charge in [0, 0.05) is 12.6 Å². The van der Waals surface area contributed by atoms with E-state index in [4.69, 9.17) is 16.9 Å². The van der Waals surface area contributed by atoms with E-state index in [2.05, 4.69) is 5.32 Å². The number of hydrogen-bond donors (Lipinski definition) is 1. The molecule has 0 aliphatic carbocycles. The van der Waals surface area contributed by atoms with Gasteiger partial charge in [0.15, 0.2) is 0 Å². The van der Waals surface area contributed by atoms with E-state index >= 15 is 0 Å². The number of nitriles is 1. The summed E-state index contributed by atoms with van der Waals surface area (Å²) in [5.74, 6) is -0.501. The first kappa shape index (κ1) is 14.8. The molecule has 0 aromatic heterocycles. The van der Waals surface area contributed by atoms with Gasteiger partial charge in [0.25, 0.3) is 5.69 Å². The van der Waals surface area contributed by atoms with Gasteiger partial charge in [-0.3, -0.25) is 10.1 Å². The van der Waals surface area contributed by atoms with Crippen LogP contribution in [-0.4, -0.2) is 4.92 Å². The molecular weight excluding hydrogens is 297 g/mol. The van der Waals surface area contributed by atoms with Crippen molar-refractivity contribution in [3.05, 3.63) is 68.5 Å². The normalized spacial score (nSPS) is 9.95. The summed E-state index contributed by atoms with van der Waals surface area (Å²) in [6.07, 6.45) is 0. The smallest absolute Gasteiger partial charge is 0.288 e. The minimum Gasteiger partial charge on any atom is -0.380 e. The fraction of sp³-hybridized carbons (Fsp3) is 0.0714. The van der Waals surface area contributed by atoms with Crippen LogP contribution in [-0.2, 0) is 6.54 Å². The van der Waals surface area contributed by atoms with E-state index in [1.54, 1.807) is 6.07 Å². The average Bonchev–Trinajstić information content (AvgIpc) is 2.46. The van der Waals surface area contributed by atoms with Crippen LogP contribution in [0.15, 0.2) is 36.4 Å². The molecular formula is C14H9ClFN3O2. The van der Waals surface area contributed by atoms with Gasteiger partial charge in [-0.25, -0.2) is 4.39 Å². The molecule has 0 bridgehead atoms. The standard InChI is InChI=1S/C14H9ClFN3O2/c15-12-3-1-9(5-14(12)19(20)21)8-18-13-4-2-11(16)6-10(13)7-17/h1-6,18H,8H2. The average molecular weight is 306 g/mol. The van der Waals surface area contributed by atoms with Crippen molar-refractivity contribution in [2.45, 2.75) is 6.54 Å². The zero-order valence-corrected chi connectivity index (χ0v) is 11.4. The highest BCUT2D eigenvalue weighted by Gasteiger charge is 2.12. The number of nitrogens with zero attached hydrogens (tertiary/aromatic N) is 2. The Morgan fingerprint density at radius 3 is 2.76 bits per heavy atom. The Kier molecular flexibility index (Phi) is 4.36. The van der Waals surface area contributed by atoms with Crippen molar-refractivity contribution in [1.82, 2.24) is 0 Å². The molecule has 0 saturated heterocycles. The molecule has 106 valence electrons. The molecule has 0 spiro atoms. The third-order valence-corrected chi connectivity index (χ3v) is 3.11. The Bertz CT molecular complexity index is 743. The lowest BCUT2D eigenvalue weighted by Gasteiger charge is -2.08. The Labute approximate surface area is 124 Å². The Hall–Kier alpha value is -2.65. The molecule has 21 heavy (non-hydrogen) atoms. The maximum atomic E-state index is 13.0. The number of halogens is 2. The summed E-state index contributed by atoms with van der Waals surface area (Å²) >= 11 is 5.73. The quantitative estimate of drug-likeness (QED) is 0.687. The number of benzene rings is 2. The van der Waals surface area contributed by atoms with E-state index in [1.807, 2.05) is 6.07 Å². The Morgan fingerprint density at radius 1 is 1.33 bits per heavy atom. The van der Waals surface area contributed by atoms with Crippen LogP contribution in [0.25, 0.3) is 0 Å². The van der Waals surface area contributed by atoms with Gasteiger partial charge in [-0.15, -0.1) is 0 Å². The molecule has 2 aromatic carbocycles. The van der Waals surface area contributed by atoms with Crippen LogP contribution in [0.4, 0.5) is 15.8 Å². The number of nitrogens with one attached hydrogen (secondary N) is 1. The summed E-state index contributed by atoms with van der Waals surface area (Å²) in [5, 5.41) is 22.7. The van der Waals surface area contributed by atoms with E-state index in [1.165, 1.54) is 24.3 Å². The SMILES string of the molecule is N#Cc1cc(F)ccc1NCc1ccc(Cl)c([N+](=O)[O-])c1. The van der Waals surface area contributed by atoms with Crippen molar-refractivity contribution >= 4 is 23.0 Å². The van der Waals surface area contributed by atoms with Crippen LogP contribution in [0, 0.1) is 27.3 Å². The van der Waals surface area contributed by atoms with E-state index in [9.17, 15) is 14.5 Å². The molecule has 0 amide bonds. The van der Waals surface area contributed by atoms with Gasteiger partial charge in [-0.05, 0) is 29.8 Å². The molecule has 2 rings (SSSR count). The van der Waals surface area contributed by atoms with Crippen LogP contribution >= 0.6 is 11.6 Å². The molecule has 2 aromatic rings. The molecule has 0 heterocycles. The molecule has 0 radical (unpaired) electrons. The summed E-state index contributed by atoms with van der Waals surface area (Å²) in [5.41, 5.74) is 1.06. The minimum absolute atomic E-state index is 0.0586. The monoisotopic (exact) mass is 305 g/mol. The van der Waals surface area contributed by atoms with Crippen LogP contribution in [0.3, 0.4) is 0 Å². The van der Waals surface area contributed by atoms with Crippen LogP contribution in [0.1, 0.15) is 11.1 Å². The Balaban J connectivity index is 2.19. The number of hydrogen-bond acceptors (Lipinski definition) is 4. The zero-order valence-electron chi connectivity index (χ0n) is 10.6. The number of nitro groups is 1. The molecule has 0 aliphatic rings. The van der Waals surface area contributed by atoms with Crippen molar-refractivity contribution in [1.29, 1.82) is 5.26 Å². The third kappa shape index (κ3) is 3.46. The molecule has 1 N–H and O–H groups in total. The summed E-state index contributed by atoms with van der Waals surface area (Å²) in [7, 11) is 0. The fourth-order valence-corrected chi connectivity index (χ4v) is 1.96. The van der Waals surface area contributed by atoms with Gasteiger partial charge in [-0.1, -0.05) is 17.7 Å². The number of rotatable bonds is 4. The van der Waals surface area contributed by atoms with E-state index in [0.29, 0.717) is 11.3 Å². The second-order valence-electron chi connectivity index (χ2n) is 4.20. The largest absolute Gasteiger partial charge is 0.380 e. The second-order valence-corrected chi connectivity index (χ2v) is 4.61. The summed E-state index contributed by atoms with van der Waals surface area (Å²) < 4.78 is 13.0. The molecule has 0 fully saturated rings. The molecule has 0 aliphatic heterocycles. The van der Waals surface area contributed by atoms with Crippen molar-refractivity contribution in [3.63, 3.8) is 0 Å². The van der Waals surface area contributed by atoms with Gasteiger partial charge in [0.2, 0.25) is 0 Å². The van der Waals surface area contributed by atoms with Crippen LogP contribution in [0.5, 0.6) is 0 Å². The highest BCUT2D eigenvalue weighted by atomic mass is 35.5. The third-order valence-electron chi connectivity index (χ3n) is 2.79. The first-order valence-electron chi connectivity index (χ1n) is 5.87. The van der Waals surface area contributed by atoms with Crippen molar-refractivity contribution in [2.24, 2.45) is 0 Å². The minimum atomic E-state index is -0.565. The van der Waals surface area contributed by atoms with Gasteiger partial charge >= 0.3 is 0 Å². The van der Waals surface area contributed by atoms with Gasteiger partial charge in [0.05, 0.1) is 16.2 Å². The van der Waals surface area contributed by atoms with Gasteiger partial charge in [0.1, 0.15) is 16.9 Å². The van der Waals surface area contributed by atoms with Crippen molar-refractivity contribution < 1.29 is 9.31 Å². The first-order chi connectivity index (χ1) is 10.0. The van der Waals surface area contributed by atoms with E-state index in [-0.39, 0.29) is 22.8 Å². The zero-order chi connectivity index (χ0) is 15.4. The number of nitro benzene ring substituents is 1. The van der Waals surface area contributed by atoms with Crippen LogP contribution < -0.4 is 5.32 Å². The van der Waals surface area contributed by atoms with Crippen molar-refractivity contribution in [3.8, 4) is 6.07 Å². The first-order valence-corrected chi connectivity index (χ1v) is 6.25. The highest BCUT2D eigenvalue weighted by molar-refractivity contribution is 6.32. The maximum Gasteiger partial charge on any atom is 0.288 e. The van der Waals surface area contributed by atoms with E-state index < -0.39 is 10.7 Å². The van der Waals surface area contributed by atoms with Crippen molar-refractivity contribution in [2.75, 3.05) is 5.32 Å². The predicted molar refractivity (Wildman–Crippen MR) is 76.5 cm³/mol. The van der Waals surface area contributed by atoms with Crippen LogP contribution in [0.2, 0.25) is 5.02 Å². The maximum absolute atomic E-state index is 13.0. The molecule has 0 saturated carbocycles. The second kappa shape index (κ2) is 6.20. The Morgan fingerprint density at radius 2 is 2.10 bits per heavy atom. The predicted octanol–water partition coefficient (Wildman–Crippen LogP) is 3.87. The molecule has 7 heteroatoms. The van der Waals surface area contributed by atoms with E-state index in [0.717, 1.165) is 6.07 Å².